The third kappa shape index (κ3) is 3.72. The van der Waals surface area contributed by atoms with Crippen molar-refractivity contribution in [2.24, 2.45) is 0 Å². The minimum absolute atomic E-state index is 0.173. The summed E-state index contributed by atoms with van der Waals surface area (Å²) in [5.41, 5.74) is 0.716. The molecule has 1 N–H and O–H groups in total. The largest absolute Gasteiger partial charge is 0.481 e. The molecule has 0 amide bonds. The van der Waals surface area contributed by atoms with E-state index in [1.54, 1.807) is 6.07 Å². The maximum absolute atomic E-state index is 13.3. The van der Waals surface area contributed by atoms with E-state index in [1.165, 1.54) is 12.1 Å². The number of carboxylic acids is 1. The Morgan fingerprint density at radius 2 is 2.27 bits per heavy atom. The molecule has 78 valence electrons. The van der Waals surface area contributed by atoms with Crippen molar-refractivity contribution in [1.29, 1.82) is 0 Å². The molecule has 0 radical (unpaired) electrons. The Morgan fingerprint density at radius 3 is 2.80 bits per heavy atom. The molecule has 4 heteroatoms. The van der Waals surface area contributed by atoms with Gasteiger partial charge in [-0.3, -0.25) is 4.79 Å². The number of aliphatic carboxylic acids is 1. The smallest absolute Gasteiger partial charge is 0.307 e. The van der Waals surface area contributed by atoms with Crippen LogP contribution in [-0.2, 0) is 11.2 Å². The Morgan fingerprint density at radius 1 is 1.53 bits per heavy atom. The summed E-state index contributed by atoms with van der Waals surface area (Å²) in [6, 6.07) is 4.30. The van der Waals surface area contributed by atoms with E-state index in [-0.39, 0.29) is 12.0 Å². The molecule has 2 nitrogen and oxygen atoms in total. The molecule has 0 bridgehead atoms. The number of halogens is 2. The minimum Gasteiger partial charge on any atom is -0.481 e. The zero-order valence-corrected chi connectivity index (χ0v) is 9.34. The summed E-state index contributed by atoms with van der Waals surface area (Å²) in [6.07, 6.45) is -0.308. The third-order valence-corrected chi connectivity index (χ3v) is 1.97. The van der Waals surface area contributed by atoms with Crippen LogP contribution in [0.15, 0.2) is 18.2 Å². The zero-order valence-electron chi connectivity index (χ0n) is 7.76. The molecule has 0 unspecified atom stereocenters. The van der Waals surface area contributed by atoms with Crippen LogP contribution < -0.4 is 0 Å². The lowest BCUT2D eigenvalue weighted by Gasteiger charge is -1.99. The summed E-state index contributed by atoms with van der Waals surface area (Å²) in [7, 11) is 0. The molecule has 0 aromatic heterocycles. The number of hydrogen-bond acceptors (Lipinski definition) is 1. The van der Waals surface area contributed by atoms with E-state index in [0.717, 1.165) is 0 Å². The molecule has 0 fully saturated rings. The van der Waals surface area contributed by atoms with Gasteiger partial charge in [0.05, 0.1) is 11.8 Å². The van der Waals surface area contributed by atoms with E-state index in [4.69, 9.17) is 5.11 Å². The van der Waals surface area contributed by atoms with Crippen molar-refractivity contribution < 1.29 is 14.3 Å². The van der Waals surface area contributed by atoms with Crippen LogP contribution in [0.1, 0.15) is 11.1 Å². The van der Waals surface area contributed by atoms with Crippen LogP contribution in [0.4, 0.5) is 4.39 Å². The molecule has 0 aliphatic carbocycles. The van der Waals surface area contributed by atoms with Crippen LogP contribution in [0.5, 0.6) is 0 Å². The van der Waals surface area contributed by atoms with Crippen molar-refractivity contribution in [3.63, 3.8) is 0 Å². The summed E-state index contributed by atoms with van der Waals surface area (Å²) in [4.78, 5) is 10.4. The lowest BCUT2D eigenvalue weighted by Crippen LogP contribution is -2.02. The second-order valence-corrected chi connectivity index (χ2v) is 3.37. The number of carbonyl (C=O) groups is 1. The molecule has 0 saturated carbocycles. The Kier molecular flexibility index (Phi) is 4.32. The first-order valence-corrected chi connectivity index (χ1v) is 5.30. The van der Waals surface area contributed by atoms with Crippen LogP contribution in [-0.4, -0.2) is 16.4 Å². The van der Waals surface area contributed by atoms with Crippen LogP contribution >= 0.6 is 15.9 Å². The first-order valence-electron chi connectivity index (χ1n) is 4.18. The summed E-state index contributed by atoms with van der Waals surface area (Å²) >= 11 is 3.13. The van der Waals surface area contributed by atoms with Gasteiger partial charge in [0.1, 0.15) is 5.82 Å². The average molecular weight is 271 g/mol. The summed E-state index contributed by atoms with van der Waals surface area (Å²) in [5, 5.41) is 9.02. The number of carboxylic acid groups (broad SMARTS) is 1. The van der Waals surface area contributed by atoms with E-state index in [1.807, 2.05) is 0 Å². The van der Waals surface area contributed by atoms with Gasteiger partial charge >= 0.3 is 5.97 Å². The summed E-state index contributed by atoms with van der Waals surface area (Å²) in [6.45, 7) is 0. The highest BCUT2D eigenvalue weighted by atomic mass is 79.9. The molecule has 0 heterocycles. The zero-order chi connectivity index (χ0) is 11.3. The maximum atomic E-state index is 13.3. The van der Waals surface area contributed by atoms with Crippen LogP contribution in [0, 0.1) is 17.7 Å². The van der Waals surface area contributed by atoms with Gasteiger partial charge in [0.2, 0.25) is 0 Å². The fraction of sp³-hybridized carbons (Fsp3) is 0.182. The molecule has 0 aliphatic rings. The van der Waals surface area contributed by atoms with Crippen LogP contribution in [0.3, 0.4) is 0 Å². The van der Waals surface area contributed by atoms with Crippen molar-refractivity contribution in [3.8, 4) is 11.8 Å². The fourth-order valence-corrected chi connectivity index (χ4v) is 1.21. The Bertz CT molecular complexity index is 432. The highest BCUT2D eigenvalue weighted by Gasteiger charge is 2.06. The predicted octanol–water partition coefficient (Wildman–Crippen LogP) is 2.20. The molecule has 1 aromatic rings. The van der Waals surface area contributed by atoms with E-state index in [2.05, 4.69) is 27.8 Å². The van der Waals surface area contributed by atoms with Gasteiger partial charge in [0.15, 0.2) is 0 Å². The topological polar surface area (TPSA) is 37.3 Å². The maximum Gasteiger partial charge on any atom is 0.307 e. The van der Waals surface area contributed by atoms with Crippen molar-refractivity contribution in [2.45, 2.75) is 6.42 Å². The highest BCUT2D eigenvalue weighted by molar-refractivity contribution is 9.09. The molecule has 0 saturated heterocycles. The van der Waals surface area contributed by atoms with E-state index < -0.39 is 11.8 Å². The van der Waals surface area contributed by atoms with Crippen molar-refractivity contribution in [2.75, 3.05) is 5.33 Å². The molecule has 0 atom stereocenters. The number of hydrogen-bond donors (Lipinski definition) is 1. The number of alkyl halides is 1. The first kappa shape index (κ1) is 11.7. The van der Waals surface area contributed by atoms with Crippen LogP contribution in [0.2, 0.25) is 0 Å². The third-order valence-electron chi connectivity index (χ3n) is 1.69. The molecule has 1 aromatic carbocycles. The lowest BCUT2D eigenvalue weighted by molar-refractivity contribution is -0.136. The molecule has 15 heavy (non-hydrogen) atoms. The highest BCUT2D eigenvalue weighted by Crippen LogP contribution is 2.10. The van der Waals surface area contributed by atoms with Gasteiger partial charge in [-0.2, -0.15) is 0 Å². The number of benzene rings is 1. The van der Waals surface area contributed by atoms with Crippen molar-refractivity contribution >= 4 is 21.9 Å². The normalized spacial score (nSPS) is 9.20. The Labute approximate surface area is 95.2 Å². The van der Waals surface area contributed by atoms with Gasteiger partial charge in [-0.15, -0.1) is 0 Å². The summed E-state index contributed by atoms with van der Waals surface area (Å²) < 4.78 is 13.3. The Balaban J connectivity index is 2.92. The van der Waals surface area contributed by atoms with Gasteiger partial charge in [-0.05, 0) is 17.7 Å². The number of rotatable bonds is 2. The van der Waals surface area contributed by atoms with Crippen molar-refractivity contribution in [3.05, 3.63) is 35.1 Å². The summed E-state index contributed by atoms with van der Waals surface area (Å²) in [5.74, 6) is 3.89. The molecular formula is C11H8BrFO2. The van der Waals surface area contributed by atoms with Gasteiger partial charge < -0.3 is 5.11 Å². The van der Waals surface area contributed by atoms with Gasteiger partial charge in [-0.1, -0.05) is 33.8 Å². The molecule has 0 spiro atoms. The second-order valence-electron chi connectivity index (χ2n) is 2.81. The van der Waals surface area contributed by atoms with E-state index >= 15 is 0 Å². The monoisotopic (exact) mass is 270 g/mol. The van der Waals surface area contributed by atoms with Gasteiger partial charge in [0.25, 0.3) is 0 Å². The van der Waals surface area contributed by atoms with Crippen molar-refractivity contribution in [1.82, 2.24) is 0 Å². The first-order chi connectivity index (χ1) is 7.13. The fourth-order valence-electron chi connectivity index (χ4n) is 1.07. The van der Waals surface area contributed by atoms with E-state index in [0.29, 0.717) is 10.9 Å². The van der Waals surface area contributed by atoms with Gasteiger partial charge in [0, 0.05) is 5.56 Å². The molecular weight excluding hydrogens is 263 g/mol. The van der Waals surface area contributed by atoms with Gasteiger partial charge in [-0.25, -0.2) is 4.39 Å². The second kappa shape index (κ2) is 5.52. The SMILES string of the molecule is O=C(O)Cc1ccc(C#CCBr)cc1F. The average Bonchev–Trinajstić information content (AvgIpc) is 2.18. The molecule has 0 aliphatic heterocycles. The quantitative estimate of drug-likeness (QED) is 0.661. The Hall–Kier alpha value is -1.34. The molecule has 1 rings (SSSR count). The van der Waals surface area contributed by atoms with Crippen LogP contribution in [0.25, 0.3) is 0 Å². The standard InChI is InChI=1S/C11H8BrFO2/c12-5-1-2-8-3-4-9(7-11(14)15)10(13)6-8/h3-4,6H,5,7H2,(H,14,15). The van der Waals surface area contributed by atoms with E-state index in [9.17, 15) is 9.18 Å². The minimum atomic E-state index is -1.05. The lowest BCUT2D eigenvalue weighted by atomic mass is 10.1. The predicted molar refractivity (Wildman–Crippen MR) is 58.4 cm³/mol.